The summed E-state index contributed by atoms with van der Waals surface area (Å²) in [5.41, 5.74) is -1.18. The number of hydrogen-bond acceptors (Lipinski definition) is 6. The third-order valence-corrected chi connectivity index (χ3v) is 3.62. The van der Waals surface area contributed by atoms with Gasteiger partial charge in [0.05, 0.1) is 6.10 Å². The second-order valence-corrected chi connectivity index (χ2v) is 5.58. The number of ether oxygens (including phenoxy) is 4. The quantitative estimate of drug-likeness (QED) is 0.637. The van der Waals surface area contributed by atoms with Crippen molar-refractivity contribution in [1.29, 1.82) is 0 Å². The van der Waals surface area contributed by atoms with Gasteiger partial charge in [-0.05, 0) is 13.8 Å². The predicted octanol–water partition coefficient (Wildman–Crippen LogP) is 0.528. The molecule has 3 rings (SSSR count). The molecule has 0 N–H and O–H groups in total. The standard InChI is InChI=1S/C12H16O6/c1-6(13)16-12-4-7(15-10(12)14)9-8(5-12)17-11(2,3)18-9/h7-9H,4-5H2,1-3H3/t7-,8?,9?,12?/m1/s1. The van der Waals surface area contributed by atoms with Crippen LogP contribution in [0.25, 0.3) is 0 Å². The highest BCUT2D eigenvalue weighted by Crippen LogP contribution is 2.47. The van der Waals surface area contributed by atoms with Crippen LogP contribution in [-0.4, -0.2) is 41.6 Å². The van der Waals surface area contributed by atoms with Crippen LogP contribution >= 0.6 is 0 Å². The Labute approximate surface area is 105 Å². The van der Waals surface area contributed by atoms with Crippen LogP contribution in [0.1, 0.15) is 33.6 Å². The fraction of sp³-hybridized carbons (Fsp3) is 0.833. The largest absolute Gasteiger partial charge is 0.456 e. The molecule has 18 heavy (non-hydrogen) atoms. The number of carbonyl (C=O) groups excluding carboxylic acids is 2. The Morgan fingerprint density at radius 2 is 1.94 bits per heavy atom. The van der Waals surface area contributed by atoms with Gasteiger partial charge in [-0.15, -0.1) is 0 Å². The van der Waals surface area contributed by atoms with E-state index in [0.29, 0.717) is 12.8 Å². The van der Waals surface area contributed by atoms with Crippen LogP contribution in [0.3, 0.4) is 0 Å². The zero-order chi connectivity index (χ0) is 13.1. The van der Waals surface area contributed by atoms with Gasteiger partial charge in [0.2, 0.25) is 5.60 Å². The molecule has 0 aromatic rings. The molecule has 2 aliphatic heterocycles. The number of fused-ring (bicyclic) bond motifs is 4. The van der Waals surface area contributed by atoms with Crippen molar-refractivity contribution in [2.75, 3.05) is 0 Å². The lowest BCUT2D eigenvalue weighted by molar-refractivity contribution is -0.180. The summed E-state index contributed by atoms with van der Waals surface area (Å²) >= 11 is 0. The van der Waals surface area contributed by atoms with E-state index in [1.54, 1.807) is 0 Å². The van der Waals surface area contributed by atoms with Gasteiger partial charge in [0.25, 0.3) is 0 Å². The van der Waals surface area contributed by atoms with E-state index in [4.69, 9.17) is 18.9 Å². The zero-order valence-corrected chi connectivity index (χ0v) is 10.6. The molecule has 0 amide bonds. The normalized spacial score (nSPS) is 44.4. The van der Waals surface area contributed by atoms with E-state index in [-0.39, 0.29) is 12.2 Å². The van der Waals surface area contributed by atoms with E-state index in [1.807, 2.05) is 13.8 Å². The Morgan fingerprint density at radius 1 is 1.28 bits per heavy atom. The molecule has 4 atom stereocenters. The molecule has 3 fully saturated rings. The summed E-state index contributed by atoms with van der Waals surface area (Å²) in [6.07, 6.45) is -0.278. The van der Waals surface area contributed by atoms with Gasteiger partial charge in [-0.2, -0.15) is 0 Å². The summed E-state index contributed by atoms with van der Waals surface area (Å²) in [6.45, 7) is 4.93. The minimum Gasteiger partial charge on any atom is -0.456 e. The van der Waals surface area contributed by atoms with Crippen molar-refractivity contribution < 1.29 is 28.5 Å². The van der Waals surface area contributed by atoms with E-state index in [2.05, 4.69) is 0 Å². The minimum atomic E-state index is -1.18. The minimum absolute atomic E-state index is 0.268. The molecule has 2 bridgehead atoms. The average Bonchev–Trinajstić information content (AvgIpc) is 2.63. The van der Waals surface area contributed by atoms with Crippen molar-refractivity contribution in [3.63, 3.8) is 0 Å². The van der Waals surface area contributed by atoms with Crippen LogP contribution in [0.5, 0.6) is 0 Å². The Morgan fingerprint density at radius 3 is 2.61 bits per heavy atom. The van der Waals surface area contributed by atoms with E-state index in [1.165, 1.54) is 6.92 Å². The first kappa shape index (κ1) is 11.9. The molecule has 6 nitrogen and oxygen atoms in total. The van der Waals surface area contributed by atoms with Crippen molar-refractivity contribution in [2.45, 2.75) is 63.3 Å². The smallest absolute Gasteiger partial charge is 0.351 e. The number of hydrogen-bond donors (Lipinski definition) is 0. The lowest BCUT2D eigenvalue weighted by atomic mass is 9.82. The Kier molecular flexibility index (Phi) is 2.29. The topological polar surface area (TPSA) is 71.1 Å². The van der Waals surface area contributed by atoms with Crippen LogP contribution in [0.15, 0.2) is 0 Å². The van der Waals surface area contributed by atoms with Crippen LogP contribution < -0.4 is 0 Å². The molecule has 0 aromatic heterocycles. The summed E-state index contributed by atoms with van der Waals surface area (Å²) in [4.78, 5) is 23.1. The monoisotopic (exact) mass is 256 g/mol. The molecule has 2 heterocycles. The lowest BCUT2D eigenvalue weighted by Gasteiger charge is -2.32. The van der Waals surface area contributed by atoms with Crippen molar-refractivity contribution in [2.24, 2.45) is 0 Å². The molecule has 2 saturated heterocycles. The molecule has 1 aliphatic carbocycles. The van der Waals surface area contributed by atoms with Gasteiger partial charge >= 0.3 is 11.9 Å². The Balaban J connectivity index is 1.88. The molecule has 1 saturated carbocycles. The van der Waals surface area contributed by atoms with E-state index >= 15 is 0 Å². The van der Waals surface area contributed by atoms with Crippen LogP contribution in [0, 0.1) is 0 Å². The highest BCUT2D eigenvalue weighted by molar-refractivity contribution is 5.85. The molecule has 3 aliphatic rings. The maximum Gasteiger partial charge on any atom is 0.351 e. The molecular formula is C12H16O6. The molecule has 0 radical (unpaired) electrons. The maximum absolute atomic E-state index is 11.9. The SMILES string of the molecule is CC(=O)OC12CC3OC(C)(C)OC3[C@@H](C1)OC2=O. The predicted molar refractivity (Wildman–Crippen MR) is 57.4 cm³/mol. The lowest BCUT2D eigenvalue weighted by Crippen LogP contribution is -2.49. The summed E-state index contributed by atoms with van der Waals surface area (Å²) in [5, 5.41) is 0. The van der Waals surface area contributed by atoms with E-state index in [9.17, 15) is 9.59 Å². The molecular weight excluding hydrogens is 240 g/mol. The highest BCUT2D eigenvalue weighted by atomic mass is 16.8. The van der Waals surface area contributed by atoms with E-state index in [0.717, 1.165) is 0 Å². The zero-order valence-electron chi connectivity index (χ0n) is 10.6. The maximum atomic E-state index is 11.9. The van der Waals surface area contributed by atoms with Gasteiger partial charge in [-0.1, -0.05) is 0 Å². The summed E-state index contributed by atoms with van der Waals surface area (Å²) < 4.78 is 22.0. The fourth-order valence-electron chi connectivity index (χ4n) is 3.11. The Bertz CT molecular complexity index is 417. The van der Waals surface area contributed by atoms with Gasteiger partial charge in [0, 0.05) is 19.8 Å². The fourth-order valence-corrected chi connectivity index (χ4v) is 3.11. The molecule has 0 spiro atoms. The van der Waals surface area contributed by atoms with E-state index < -0.39 is 29.4 Å². The number of rotatable bonds is 1. The molecule has 100 valence electrons. The molecule has 3 unspecified atom stereocenters. The van der Waals surface area contributed by atoms with Gasteiger partial charge in [0.15, 0.2) is 5.79 Å². The van der Waals surface area contributed by atoms with Crippen LogP contribution in [-0.2, 0) is 28.5 Å². The van der Waals surface area contributed by atoms with Crippen LogP contribution in [0.4, 0.5) is 0 Å². The third kappa shape index (κ3) is 1.63. The first-order valence-electron chi connectivity index (χ1n) is 6.08. The van der Waals surface area contributed by atoms with Gasteiger partial charge < -0.3 is 18.9 Å². The second-order valence-electron chi connectivity index (χ2n) is 5.58. The highest BCUT2D eigenvalue weighted by Gasteiger charge is 2.65. The van der Waals surface area contributed by atoms with Crippen molar-refractivity contribution in [3.8, 4) is 0 Å². The summed E-state index contributed by atoms with van der Waals surface area (Å²) in [6, 6.07) is 0. The van der Waals surface area contributed by atoms with Crippen molar-refractivity contribution >= 4 is 11.9 Å². The first-order chi connectivity index (χ1) is 8.31. The number of esters is 2. The Hall–Kier alpha value is -1.14. The van der Waals surface area contributed by atoms with Gasteiger partial charge in [-0.3, -0.25) is 4.79 Å². The molecule has 6 heteroatoms. The van der Waals surface area contributed by atoms with Crippen molar-refractivity contribution in [3.05, 3.63) is 0 Å². The second kappa shape index (κ2) is 3.45. The first-order valence-corrected chi connectivity index (χ1v) is 6.08. The summed E-state index contributed by atoms with van der Waals surface area (Å²) in [7, 11) is 0. The molecule has 0 aromatic carbocycles. The third-order valence-electron chi connectivity index (χ3n) is 3.62. The average molecular weight is 256 g/mol. The van der Waals surface area contributed by atoms with Crippen LogP contribution in [0.2, 0.25) is 0 Å². The van der Waals surface area contributed by atoms with Crippen molar-refractivity contribution in [1.82, 2.24) is 0 Å². The van der Waals surface area contributed by atoms with Gasteiger partial charge in [0.1, 0.15) is 12.2 Å². The summed E-state index contributed by atoms with van der Waals surface area (Å²) in [5.74, 6) is -1.66. The van der Waals surface area contributed by atoms with Gasteiger partial charge in [-0.25, -0.2) is 4.79 Å². The number of carbonyl (C=O) groups is 2.